The van der Waals surface area contributed by atoms with Gasteiger partial charge >= 0.3 is 5.69 Å². The van der Waals surface area contributed by atoms with Crippen LogP contribution in [0.5, 0.6) is 0 Å². The summed E-state index contributed by atoms with van der Waals surface area (Å²) in [5.41, 5.74) is 5.17. The average molecular weight is 309 g/mol. The van der Waals surface area contributed by atoms with Gasteiger partial charge in [0.2, 0.25) is 5.95 Å². The Bertz CT molecular complexity index is 816. The summed E-state index contributed by atoms with van der Waals surface area (Å²) in [6.45, 7) is 3.92. The molecular weight excluding hydrogens is 290 g/mol. The van der Waals surface area contributed by atoms with Crippen LogP contribution in [0.1, 0.15) is 0 Å². The molecule has 0 bridgehead atoms. The Balaban J connectivity index is 2.47. The number of aliphatic hydroxyl groups is 1. The highest BCUT2D eigenvalue weighted by Gasteiger charge is 2.19. The topological polar surface area (TPSA) is 117 Å². The van der Waals surface area contributed by atoms with Gasteiger partial charge in [-0.1, -0.05) is 6.08 Å². The van der Waals surface area contributed by atoms with E-state index in [2.05, 4.69) is 11.6 Å². The summed E-state index contributed by atoms with van der Waals surface area (Å²) >= 11 is 0. The van der Waals surface area contributed by atoms with E-state index in [1.165, 1.54) is 23.2 Å². The Labute approximate surface area is 125 Å². The van der Waals surface area contributed by atoms with E-state index in [4.69, 9.17) is 10.5 Å². The number of anilines is 1. The molecular formula is C13H19N5O4. The summed E-state index contributed by atoms with van der Waals surface area (Å²) in [5.74, 6) is 0.0519. The predicted molar refractivity (Wildman–Crippen MR) is 81.7 cm³/mol. The zero-order valence-corrected chi connectivity index (χ0v) is 12.5. The van der Waals surface area contributed by atoms with Crippen molar-refractivity contribution >= 4 is 17.1 Å². The van der Waals surface area contributed by atoms with Gasteiger partial charge in [0.05, 0.1) is 25.9 Å². The summed E-state index contributed by atoms with van der Waals surface area (Å²) in [6.07, 6.45) is 0.695. The van der Waals surface area contributed by atoms with Gasteiger partial charge < -0.3 is 20.1 Å². The van der Waals surface area contributed by atoms with E-state index in [1.807, 2.05) is 0 Å². The van der Waals surface area contributed by atoms with Crippen molar-refractivity contribution in [1.29, 1.82) is 0 Å². The number of aliphatic hydroxyl groups excluding tert-OH is 1. The second kappa shape index (κ2) is 6.16. The molecule has 1 atom stereocenters. The first-order valence-corrected chi connectivity index (χ1v) is 6.66. The van der Waals surface area contributed by atoms with Crippen molar-refractivity contribution in [2.24, 2.45) is 14.1 Å². The lowest BCUT2D eigenvalue weighted by Crippen LogP contribution is -2.38. The van der Waals surface area contributed by atoms with E-state index >= 15 is 0 Å². The van der Waals surface area contributed by atoms with Crippen molar-refractivity contribution in [3.63, 3.8) is 0 Å². The van der Waals surface area contributed by atoms with Crippen LogP contribution >= 0.6 is 0 Å². The summed E-state index contributed by atoms with van der Waals surface area (Å²) in [6, 6.07) is 0. The van der Waals surface area contributed by atoms with E-state index in [0.717, 1.165) is 4.57 Å². The van der Waals surface area contributed by atoms with Crippen molar-refractivity contribution in [2.45, 2.75) is 12.6 Å². The lowest BCUT2D eigenvalue weighted by atomic mass is 10.3. The van der Waals surface area contributed by atoms with Crippen molar-refractivity contribution in [1.82, 2.24) is 18.7 Å². The van der Waals surface area contributed by atoms with Crippen LogP contribution < -0.4 is 17.0 Å². The van der Waals surface area contributed by atoms with E-state index in [0.29, 0.717) is 6.61 Å². The summed E-state index contributed by atoms with van der Waals surface area (Å²) in [7, 11) is 2.88. The summed E-state index contributed by atoms with van der Waals surface area (Å²) < 4.78 is 8.76. The van der Waals surface area contributed by atoms with E-state index in [9.17, 15) is 14.7 Å². The number of fused-ring (bicyclic) bond motifs is 1. The zero-order valence-electron chi connectivity index (χ0n) is 12.5. The zero-order chi connectivity index (χ0) is 16.4. The van der Waals surface area contributed by atoms with Gasteiger partial charge in [0, 0.05) is 14.1 Å². The van der Waals surface area contributed by atoms with Crippen LogP contribution in [0.25, 0.3) is 11.2 Å². The molecule has 0 aliphatic carbocycles. The first kappa shape index (κ1) is 16.0. The van der Waals surface area contributed by atoms with Gasteiger partial charge in [0.25, 0.3) is 5.56 Å². The van der Waals surface area contributed by atoms with Crippen LogP contribution in [0.3, 0.4) is 0 Å². The highest BCUT2D eigenvalue weighted by Crippen LogP contribution is 2.13. The number of nitrogens with zero attached hydrogens (tertiary/aromatic N) is 4. The van der Waals surface area contributed by atoms with Crippen molar-refractivity contribution < 1.29 is 9.84 Å². The number of hydrogen-bond acceptors (Lipinski definition) is 6. The first-order chi connectivity index (χ1) is 10.4. The normalized spacial score (nSPS) is 12.7. The minimum atomic E-state index is -0.874. The number of nitrogen functional groups attached to an aromatic ring is 1. The van der Waals surface area contributed by atoms with Gasteiger partial charge in [-0.15, -0.1) is 6.58 Å². The molecule has 0 saturated heterocycles. The predicted octanol–water partition coefficient (Wildman–Crippen LogP) is -1.42. The molecule has 3 N–H and O–H groups in total. The van der Waals surface area contributed by atoms with Crippen LogP contribution in [0.15, 0.2) is 22.2 Å². The molecule has 2 rings (SSSR count). The fourth-order valence-corrected chi connectivity index (χ4v) is 2.20. The Kier molecular flexibility index (Phi) is 4.48. The van der Waals surface area contributed by atoms with Crippen LogP contribution in [0.2, 0.25) is 0 Å². The molecule has 120 valence electrons. The minimum Gasteiger partial charge on any atom is -0.389 e. The monoisotopic (exact) mass is 309 g/mol. The Morgan fingerprint density at radius 1 is 1.41 bits per heavy atom. The van der Waals surface area contributed by atoms with Gasteiger partial charge in [-0.05, 0) is 0 Å². The Morgan fingerprint density at radius 2 is 2.09 bits per heavy atom. The van der Waals surface area contributed by atoms with Crippen LogP contribution in [0, 0.1) is 0 Å². The maximum absolute atomic E-state index is 12.3. The number of aromatic nitrogens is 4. The molecule has 9 nitrogen and oxygen atoms in total. The molecule has 0 fully saturated rings. The van der Waals surface area contributed by atoms with Crippen molar-refractivity contribution in [3.8, 4) is 0 Å². The molecule has 0 unspecified atom stereocenters. The molecule has 2 aromatic rings. The second-order valence-corrected chi connectivity index (χ2v) is 4.94. The number of hydrogen-bond donors (Lipinski definition) is 2. The fraction of sp³-hybridized carbons (Fsp3) is 0.462. The molecule has 0 radical (unpaired) electrons. The average Bonchev–Trinajstić information content (AvgIpc) is 2.80. The summed E-state index contributed by atoms with van der Waals surface area (Å²) in [4.78, 5) is 28.2. The molecule has 0 aliphatic rings. The molecule has 0 aliphatic heterocycles. The van der Waals surface area contributed by atoms with Crippen LogP contribution in [-0.4, -0.2) is 43.1 Å². The van der Waals surface area contributed by atoms with Gasteiger partial charge in [-0.2, -0.15) is 4.98 Å². The smallest absolute Gasteiger partial charge is 0.332 e. The quantitative estimate of drug-likeness (QED) is 0.499. The van der Waals surface area contributed by atoms with Crippen LogP contribution in [0.4, 0.5) is 5.95 Å². The molecule has 9 heteroatoms. The largest absolute Gasteiger partial charge is 0.389 e. The highest BCUT2D eigenvalue weighted by atomic mass is 16.5. The number of aryl methyl sites for hydroxylation is 1. The molecule has 22 heavy (non-hydrogen) atoms. The Morgan fingerprint density at radius 3 is 2.73 bits per heavy atom. The third kappa shape index (κ3) is 2.68. The number of rotatable bonds is 6. The van der Waals surface area contributed by atoms with E-state index < -0.39 is 17.4 Å². The minimum absolute atomic E-state index is 0.0346. The number of imidazole rings is 1. The van der Waals surface area contributed by atoms with E-state index in [-0.39, 0.29) is 30.3 Å². The maximum atomic E-state index is 12.3. The molecule has 0 amide bonds. The second-order valence-electron chi connectivity index (χ2n) is 4.94. The molecule has 0 spiro atoms. The van der Waals surface area contributed by atoms with Crippen molar-refractivity contribution in [3.05, 3.63) is 33.5 Å². The standard InChI is InChI=1S/C13H19N5O4/c1-4-5-22-7-8(19)6-18-9-10(15-12(18)14)16(2)13(21)17(3)11(9)20/h4,8,19H,1,5-7H2,2-3H3,(H2,14,15)/t8-/m0/s1. The summed E-state index contributed by atoms with van der Waals surface area (Å²) in [5, 5.41) is 9.97. The lowest BCUT2D eigenvalue weighted by molar-refractivity contribution is 0.0405. The van der Waals surface area contributed by atoms with Gasteiger partial charge in [0.1, 0.15) is 0 Å². The fourth-order valence-electron chi connectivity index (χ4n) is 2.20. The highest BCUT2D eigenvalue weighted by molar-refractivity contribution is 5.73. The van der Waals surface area contributed by atoms with Gasteiger partial charge in [-0.3, -0.25) is 13.9 Å². The SMILES string of the molecule is C=CCOC[C@@H](O)Cn1c(N)nc2c1c(=O)n(C)c(=O)n2C. The van der Waals surface area contributed by atoms with Gasteiger partial charge in [-0.25, -0.2) is 4.79 Å². The van der Waals surface area contributed by atoms with E-state index in [1.54, 1.807) is 6.08 Å². The molecule has 0 aromatic carbocycles. The number of nitrogens with two attached hydrogens (primary N) is 1. The molecule has 2 heterocycles. The third-order valence-electron chi connectivity index (χ3n) is 3.32. The maximum Gasteiger partial charge on any atom is 0.332 e. The Hall–Kier alpha value is -2.39. The van der Waals surface area contributed by atoms with Gasteiger partial charge in [0.15, 0.2) is 11.2 Å². The third-order valence-corrected chi connectivity index (χ3v) is 3.32. The van der Waals surface area contributed by atoms with Crippen molar-refractivity contribution in [2.75, 3.05) is 18.9 Å². The number of ether oxygens (including phenoxy) is 1. The molecule has 0 saturated carbocycles. The molecule has 2 aromatic heterocycles. The lowest BCUT2D eigenvalue weighted by Gasteiger charge is -2.13. The first-order valence-electron chi connectivity index (χ1n) is 6.66. The van der Waals surface area contributed by atoms with Crippen LogP contribution in [-0.2, 0) is 25.4 Å².